The van der Waals surface area contributed by atoms with E-state index in [1.54, 1.807) is 0 Å². The molecule has 156 valence electrons. The van der Waals surface area contributed by atoms with Crippen molar-refractivity contribution in [2.75, 3.05) is 18.4 Å². The molecule has 1 amide bonds. The topological polar surface area (TPSA) is 71.3 Å². The quantitative estimate of drug-likeness (QED) is 0.657. The number of nitrogens with zero attached hydrogens (tertiary/aromatic N) is 3. The van der Waals surface area contributed by atoms with Crippen LogP contribution in [0.4, 0.5) is 5.69 Å². The second-order valence-corrected chi connectivity index (χ2v) is 7.99. The fourth-order valence-electron chi connectivity index (χ4n) is 3.81. The molecule has 1 aliphatic rings. The molecule has 1 fully saturated rings. The normalized spacial score (nSPS) is 17.1. The first kappa shape index (κ1) is 20.3. The lowest BCUT2D eigenvalue weighted by molar-refractivity contribution is -0.121. The van der Waals surface area contributed by atoms with E-state index in [4.69, 9.17) is 4.52 Å². The van der Waals surface area contributed by atoms with Gasteiger partial charge in [-0.2, -0.15) is 4.98 Å². The van der Waals surface area contributed by atoms with Gasteiger partial charge in [-0.05, 0) is 50.4 Å². The Bertz CT molecular complexity index is 979. The zero-order valence-electron chi connectivity index (χ0n) is 17.6. The Morgan fingerprint density at radius 3 is 2.67 bits per heavy atom. The highest BCUT2D eigenvalue weighted by Crippen LogP contribution is 2.22. The third-order valence-electron chi connectivity index (χ3n) is 5.64. The minimum atomic E-state index is -0.0379. The van der Waals surface area contributed by atoms with Crippen molar-refractivity contribution >= 4 is 11.6 Å². The fraction of sp³-hybridized carbons (Fsp3) is 0.375. The summed E-state index contributed by atoms with van der Waals surface area (Å²) in [6.07, 6.45) is 2.87. The Hall–Kier alpha value is -2.99. The van der Waals surface area contributed by atoms with Gasteiger partial charge in [-0.3, -0.25) is 9.69 Å². The molecule has 0 aliphatic carbocycles. The van der Waals surface area contributed by atoms with Gasteiger partial charge in [-0.25, -0.2) is 0 Å². The van der Waals surface area contributed by atoms with E-state index >= 15 is 0 Å². The number of carbonyl (C=O) groups excluding carboxylic acids is 1. The van der Waals surface area contributed by atoms with E-state index in [0.717, 1.165) is 37.1 Å². The van der Waals surface area contributed by atoms with Crippen molar-refractivity contribution in [3.8, 4) is 11.4 Å². The third kappa shape index (κ3) is 4.94. The molecule has 1 unspecified atom stereocenters. The van der Waals surface area contributed by atoms with Crippen LogP contribution in [-0.2, 0) is 17.8 Å². The summed E-state index contributed by atoms with van der Waals surface area (Å²) < 4.78 is 5.46. The molecule has 1 aromatic heterocycles. The number of rotatable bonds is 6. The number of aromatic nitrogens is 2. The van der Waals surface area contributed by atoms with Crippen LogP contribution in [0.2, 0.25) is 0 Å². The Kier molecular flexibility index (Phi) is 6.23. The monoisotopic (exact) mass is 404 g/mol. The first-order valence-corrected chi connectivity index (χ1v) is 10.6. The number of carbonyl (C=O) groups is 1. The molecule has 0 bridgehead atoms. The molecule has 30 heavy (non-hydrogen) atoms. The minimum Gasteiger partial charge on any atom is -0.338 e. The minimum absolute atomic E-state index is 0.0379. The largest absolute Gasteiger partial charge is 0.338 e. The summed E-state index contributed by atoms with van der Waals surface area (Å²) in [5.74, 6) is 1.23. The van der Waals surface area contributed by atoms with Crippen molar-refractivity contribution in [1.29, 1.82) is 0 Å². The van der Waals surface area contributed by atoms with Gasteiger partial charge in [0.1, 0.15) is 0 Å². The molecule has 2 aromatic carbocycles. The summed E-state index contributed by atoms with van der Waals surface area (Å²) in [5, 5.41) is 7.17. The first-order chi connectivity index (χ1) is 14.6. The number of anilines is 1. The number of hydrogen-bond acceptors (Lipinski definition) is 5. The molecule has 1 saturated heterocycles. The molecule has 0 spiro atoms. The average Bonchev–Trinajstić information content (AvgIpc) is 3.23. The van der Waals surface area contributed by atoms with Crippen LogP contribution in [0.3, 0.4) is 0 Å². The highest BCUT2D eigenvalue weighted by molar-refractivity contribution is 5.92. The summed E-state index contributed by atoms with van der Waals surface area (Å²) in [6.45, 7) is 6.36. The van der Waals surface area contributed by atoms with Gasteiger partial charge in [0.05, 0.1) is 12.5 Å². The van der Waals surface area contributed by atoms with E-state index in [1.807, 2.05) is 36.4 Å². The van der Waals surface area contributed by atoms with Crippen molar-refractivity contribution < 1.29 is 9.32 Å². The van der Waals surface area contributed by atoms with Gasteiger partial charge in [-0.1, -0.05) is 54.0 Å². The number of likely N-dealkylation sites (tertiary alicyclic amines) is 1. The lowest BCUT2D eigenvalue weighted by Gasteiger charge is -2.30. The fourth-order valence-corrected chi connectivity index (χ4v) is 3.81. The van der Waals surface area contributed by atoms with Crippen molar-refractivity contribution in [2.45, 2.75) is 39.7 Å². The molecule has 4 rings (SSSR count). The van der Waals surface area contributed by atoms with Gasteiger partial charge >= 0.3 is 0 Å². The Morgan fingerprint density at radius 2 is 1.93 bits per heavy atom. The maximum atomic E-state index is 12.7. The lowest BCUT2D eigenvalue weighted by Crippen LogP contribution is -2.40. The Labute approximate surface area is 177 Å². The van der Waals surface area contributed by atoms with Gasteiger partial charge in [0.15, 0.2) is 0 Å². The second-order valence-electron chi connectivity index (χ2n) is 7.99. The van der Waals surface area contributed by atoms with Crippen LogP contribution in [0, 0.1) is 12.8 Å². The van der Waals surface area contributed by atoms with Crippen molar-refractivity contribution in [3.05, 3.63) is 65.5 Å². The predicted molar refractivity (Wildman–Crippen MR) is 117 cm³/mol. The van der Waals surface area contributed by atoms with Gasteiger partial charge in [0.2, 0.25) is 17.6 Å². The average molecular weight is 405 g/mol. The molecule has 1 atom stereocenters. The molecule has 0 radical (unpaired) electrons. The molecular formula is C24H28N4O2. The smallest absolute Gasteiger partial charge is 0.241 e. The standard InChI is InChI=1S/C24H28N4O2/c1-3-18-8-12-21(13-9-18)25-24(29)20-5-4-14-28(15-20)16-22-26-23(27-30-22)19-10-6-17(2)7-11-19/h6-13,20H,3-5,14-16H2,1-2H3,(H,25,29). The van der Waals surface area contributed by atoms with Crippen LogP contribution in [0.1, 0.15) is 36.8 Å². The summed E-state index contributed by atoms with van der Waals surface area (Å²) >= 11 is 0. The number of benzene rings is 2. The van der Waals surface area contributed by atoms with Crippen LogP contribution in [-0.4, -0.2) is 34.0 Å². The van der Waals surface area contributed by atoms with Gasteiger partial charge in [-0.15, -0.1) is 0 Å². The molecule has 0 saturated carbocycles. The number of aryl methyl sites for hydroxylation is 2. The Morgan fingerprint density at radius 1 is 1.17 bits per heavy atom. The molecule has 1 aliphatic heterocycles. The van der Waals surface area contributed by atoms with Gasteiger partial charge < -0.3 is 9.84 Å². The molecule has 3 aromatic rings. The summed E-state index contributed by atoms with van der Waals surface area (Å²) in [7, 11) is 0. The lowest BCUT2D eigenvalue weighted by atomic mass is 9.97. The number of piperidine rings is 1. The van der Waals surface area contributed by atoms with Gasteiger partial charge in [0, 0.05) is 17.8 Å². The van der Waals surface area contributed by atoms with Crippen molar-refractivity contribution in [3.63, 3.8) is 0 Å². The summed E-state index contributed by atoms with van der Waals surface area (Å²) in [4.78, 5) is 19.5. The van der Waals surface area contributed by atoms with Crippen LogP contribution < -0.4 is 5.32 Å². The van der Waals surface area contributed by atoms with Crippen LogP contribution in [0.25, 0.3) is 11.4 Å². The highest BCUT2D eigenvalue weighted by Gasteiger charge is 2.27. The SMILES string of the molecule is CCc1ccc(NC(=O)C2CCCN(Cc3nc(-c4ccc(C)cc4)no3)C2)cc1. The summed E-state index contributed by atoms with van der Waals surface area (Å²) in [5.41, 5.74) is 4.26. The van der Waals surface area contributed by atoms with E-state index in [-0.39, 0.29) is 11.8 Å². The van der Waals surface area contributed by atoms with E-state index in [0.29, 0.717) is 24.8 Å². The Balaban J connectivity index is 1.34. The molecule has 6 nitrogen and oxygen atoms in total. The van der Waals surface area contributed by atoms with Gasteiger partial charge in [0.25, 0.3) is 0 Å². The van der Waals surface area contributed by atoms with E-state index in [1.165, 1.54) is 11.1 Å². The first-order valence-electron chi connectivity index (χ1n) is 10.6. The zero-order chi connectivity index (χ0) is 20.9. The van der Waals surface area contributed by atoms with E-state index in [9.17, 15) is 4.79 Å². The van der Waals surface area contributed by atoms with Crippen molar-refractivity contribution in [2.24, 2.45) is 5.92 Å². The van der Waals surface area contributed by atoms with E-state index in [2.05, 4.69) is 46.3 Å². The third-order valence-corrected chi connectivity index (χ3v) is 5.64. The molecule has 6 heteroatoms. The predicted octanol–water partition coefficient (Wildman–Crippen LogP) is 4.46. The number of nitrogens with one attached hydrogen (secondary N) is 1. The molecule has 2 heterocycles. The maximum Gasteiger partial charge on any atom is 0.241 e. The highest BCUT2D eigenvalue weighted by atomic mass is 16.5. The maximum absolute atomic E-state index is 12.7. The van der Waals surface area contributed by atoms with Crippen molar-refractivity contribution in [1.82, 2.24) is 15.0 Å². The molecule has 1 N–H and O–H groups in total. The van der Waals surface area contributed by atoms with Crippen LogP contribution in [0.15, 0.2) is 53.1 Å². The van der Waals surface area contributed by atoms with Crippen LogP contribution >= 0.6 is 0 Å². The van der Waals surface area contributed by atoms with E-state index < -0.39 is 0 Å². The molecular weight excluding hydrogens is 376 g/mol. The summed E-state index contributed by atoms with van der Waals surface area (Å²) in [6, 6.07) is 16.1. The van der Waals surface area contributed by atoms with Crippen LogP contribution in [0.5, 0.6) is 0 Å². The second kappa shape index (κ2) is 9.22. The zero-order valence-corrected chi connectivity index (χ0v) is 17.6. The number of amides is 1. The number of hydrogen-bond donors (Lipinski definition) is 1.